The number of carbonyl (C=O) groups excluding carboxylic acids is 1. The molecule has 1 heterocycles. The molecule has 0 spiro atoms. The Morgan fingerprint density at radius 3 is 2.63 bits per heavy atom. The van der Waals surface area contributed by atoms with Gasteiger partial charge in [0, 0.05) is 21.5 Å². The Kier molecular flexibility index (Phi) is 5.61. The molecule has 0 unspecified atom stereocenters. The highest BCUT2D eigenvalue weighted by atomic mass is 35.5. The van der Waals surface area contributed by atoms with E-state index in [0.29, 0.717) is 21.4 Å². The minimum atomic E-state index is -3.64. The molecule has 0 aliphatic rings. The van der Waals surface area contributed by atoms with Gasteiger partial charge in [-0.1, -0.05) is 35.9 Å². The number of anilines is 1. The Morgan fingerprint density at radius 2 is 1.93 bits per heavy atom. The van der Waals surface area contributed by atoms with Crippen molar-refractivity contribution in [1.29, 1.82) is 0 Å². The number of rotatable bonds is 5. The van der Waals surface area contributed by atoms with Gasteiger partial charge in [0.15, 0.2) is 5.13 Å². The van der Waals surface area contributed by atoms with Crippen molar-refractivity contribution in [2.45, 2.75) is 11.8 Å². The molecule has 1 aromatic heterocycles. The summed E-state index contributed by atoms with van der Waals surface area (Å²) in [5, 5.41) is 5.48. The van der Waals surface area contributed by atoms with Crippen LogP contribution in [0.15, 0.2) is 52.7 Å². The molecule has 0 aliphatic heterocycles. The van der Waals surface area contributed by atoms with Gasteiger partial charge in [0.05, 0.1) is 10.6 Å². The molecule has 0 bridgehead atoms. The van der Waals surface area contributed by atoms with Crippen LogP contribution in [0.1, 0.15) is 15.9 Å². The van der Waals surface area contributed by atoms with Gasteiger partial charge in [0.2, 0.25) is 10.0 Å². The molecule has 27 heavy (non-hydrogen) atoms. The van der Waals surface area contributed by atoms with E-state index in [4.69, 9.17) is 11.6 Å². The van der Waals surface area contributed by atoms with Crippen molar-refractivity contribution in [2.24, 2.45) is 0 Å². The molecule has 2 N–H and O–H groups in total. The topological polar surface area (TPSA) is 88.2 Å². The molecular formula is C18H16ClN3O3S2. The minimum Gasteiger partial charge on any atom is -0.298 e. The zero-order valence-corrected chi connectivity index (χ0v) is 16.9. The van der Waals surface area contributed by atoms with Crippen molar-refractivity contribution in [3.05, 3.63) is 64.0 Å². The summed E-state index contributed by atoms with van der Waals surface area (Å²) in [4.78, 5) is 17.0. The molecule has 0 radical (unpaired) electrons. The van der Waals surface area contributed by atoms with Crippen molar-refractivity contribution in [3.63, 3.8) is 0 Å². The van der Waals surface area contributed by atoms with Crippen LogP contribution in [-0.2, 0) is 10.0 Å². The maximum Gasteiger partial charge on any atom is 0.257 e. The summed E-state index contributed by atoms with van der Waals surface area (Å²) in [6.07, 6.45) is 0. The van der Waals surface area contributed by atoms with E-state index >= 15 is 0 Å². The number of aryl methyl sites for hydroxylation is 1. The Morgan fingerprint density at radius 1 is 1.19 bits per heavy atom. The van der Waals surface area contributed by atoms with Crippen LogP contribution in [0, 0.1) is 6.92 Å². The number of nitrogens with one attached hydrogen (secondary N) is 2. The zero-order chi connectivity index (χ0) is 19.6. The van der Waals surface area contributed by atoms with E-state index in [1.54, 1.807) is 24.4 Å². The molecular weight excluding hydrogens is 406 g/mol. The van der Waals surface area contributed by atoms with Gasteiger partial charge in [-0.05, 0) is 37.7 Å². The average Bonchev–Trinajstić information content (AvgIpc) is 3.10. The molecule has 3 aromatic rings. The molecule has 0 aliphatic carbocycles. The SMILES string of the molecule is CNS(=O)(=O)c1ccc(C)c(C(=O)Nc2nc(-c3ccccc3Cl)cs2)c1. The maximum absolute atomic E-state index is 12.6. The average molecular weight is 422 g/mol. The number of sulfonamides is 1. The van der Waals surface area contributed by atoms with E-state index < -0.39 is 15.9 Å². The van der Waals surface area contributed by atoms with Gasteiger partial charge in [0.25, 0.3) is 5.91 Å². The van der Waals surface area contributed by atoms with Crippen molar-refractivity contribution in [1.82, 2.24) is 9.71 Å². The lowest BCUT2D eigenvalue weighted by Crippen LogP contribution is -2.20. The summed E-state index contributed by atoms with van der Waals surface area (Å²) in [6.45, 7) is 1.74. The van der Waals surface area contributed by atoms with E-state index in [2.05, 4.69) is 15.0 Å². The largest absolute Gasteiger partial charge is 0.298 e. The van der Waals surface area contributed by atoms with E-state index in [1.165, 1.54) is 30.5 Å². The molecule has 6 nitrogen and oxygen atoms in total. The van der Waals surface area contributed by atoms with Gasteiger partial charge in [0.1, 0.15) is 0 Å². The Labute approximate surface area is 166 Å². The van der Waals surface area contributed by atoms with Crippen molar-refractivity contribution >= 4 is 44.0 Å². The quantitative estimate of drug-likeness (QED) is 0.653. The summed E-state index contributed by atoms with van der Waals surface area (Å²) in [6, 6.07) is 11.7. The van der Waals surface area contributed by atoms with Crippen molar-refractivity contribution in [3.8, 4) is 11.3 Å². The van der Waals surface area contributed by atoms with Gasteiger partial charge >= 0.3 is 0 Å². The molecule has 140 valence electrons. The fraction of sp³-hybridized carbons (Fsp3) is 0.111. The highest BCUT2D eigenvalue weighted by molar-refractivity contribution is 7.89. The van der Waals surface area contributed by atoms with Gasteiger partial charge < -0.3 is 0 Å². The number of carbonyl (C=O) groups is 1. The van der Waals surface area contributed by atoms with Crippen LogP contribution in [0.4, 0.5) is 5.13 Å². The van der Waals surface area contributed by atoms with Crippen LogP contribution in [-0.4, -0.2) is 26.4 Å². The van der Waals surface area contributed by atoms with Crippen LogP contribution in [0.25, 0.3) is 11.3 Å². The van der Waals surface area contributed by atoms with Crippen LogP contribution in [0.2, 0.25) is 5.02 Å². The standard InChI is InChI=1S/C18H16ClN3O3S2/c1-11-7-8-12(27(24,25)20-2)9-14(11)17(23)22-18-21-16(10-26-18)13-5-3-4-6-15(13)19/h3-10,20H,1-2H3,(H,21,22,23). The molecule has 9 heteroatoms. The fourth-order valence-electron chi connectivity index (χ4n) is 2.42. The summed E-state index contributed by atoms with van der Waals surface area (Å²) in [7, 11) is -2.32. The fourth-order valence-corrected chi connectivity index (χ4v) is 4.11. The first-order chi connectivity index (χ1) is 12.8. The lowest BCUT2D eigenvalue weighted by molar-refractivity contribution is 0.102. The van der Waals surface area contributed by atoms with Crippen molar-refractivity contribution in [2.75, 3.05) is 12.4 Å². The lowest BCUT2D eigenvalue weighted by Gasteiger charge is -2.08. The second-order valence-electron chi connectivity index (χ2n) is 5.66. The van der Waals surface area contributed by atoms with Crippen LogP contribution in [0.3, 0.4) is 0 Å². The maximum atomic E-state index is 12.6. The number of thiazole rings is 1. The van der Waals surface area contributed by atoms with E-state index in [1.807, 2.05) is 18.2 Å². The van der Waals surface area contributed by atoms with Gasteiger partial charge in [-0.3, -0.25) is 10.1 Å². The number of benzene rings is 2. The lowest BCUT2D eigenvalue weighted by atomic mass is 10.1. The monoisotopic (exact) mass is 421 g/mol. The number of nitrogens with zero attached hydrogens (tertiary/aromatic N) is 1. The van der Waals surface area contributed by atoms with E-state index in [-0.39, 0.29) is 10.5 Å². The molecule has 1 amide bonds. The smallest absolute Gasteiger partial charge is 0.257 e. The highest BCUT2D eigenvalue weighted by Crippen LogP contribution is 2.30. The molecule has 0 saturated carbocycles. The third-order valence-electron chi connectivity index (χ3n) is 3.91. The molecule has 0 saturated heterocycles. The first-order valence-electron chi connectivity index (χ1n) is 7.88. The van der Waals surface area contributed by atoms with Crippen LogP contribution in [0.5, 0.6) is 0 Å². The first-order valence-corrected chi connectivity index (χ1v) is 10.6. The third-order valence-corrected chi connectivity index (χ3v) is 6.41. The molecule has 0 fully saturated rings. The number of aromatic nitrogens is 1. The molecule has 2 aromatic carbocycles. The summed E-state index contributed by atoms with van der Waals surface area (Å²) in [5.41, 5.74) is 2.35. The summed E-state index contributed by atoms with van der Waals surface area (Å²) < 4.78 is 26.2. The van der Waals surface area contributed by atoms with Gasteiger partial charge in [-0.25, -0.2) is 18.1 Å². The third kappa shape index (κ3) is 4.19. The molecule has 0 atom stereocenters. The number of hydrogen-bond donors (Lipinski definition) is 2. The summed E-state index contributed by atoms with van der Waals surface area (Å²) in [5.74, 6) is -0.430. The normalized spacial score (nSPS) is 11.4. The number of halogens is 1. The molecule has 3 rings (SSSR count). The van der Waals surface area contributed by atoms with Crippen LogP contribution >= 0.6 is 22.9 Å². The zero-order valence-electron chi connectivity index (χ0n) is 14.5. The van der Waals surface area contributed by atoms with E-state index in [0.717, 1.165) is 5.56 Å². The Balaban J connectivity index is 1.87. The predicted molar refractivity (Wildman–Crippen MR) is 108 cm³/mol. The number of amides is 1. The van der Waals surface area contributed by atoms with Crippen LogP contribution < -0.4 is 10.0 Å². The number of hydrogen-bond acceptors (Lipinski definition) is 5. The van der Waals surface area contributed by atoms with E-state index in [9.17, 15) is 13.2 Å². The Bertz CT molecular complexity index is 1110. The minimum absolute atomic E-state index is 0.0247. The predicted octanol–water partition coefficient (Wildman–Crippen LogP) is 3.93. The summed E-state index contributed by atoms with van der Waals surface area (Å²) >= 11 is 7.44. The first kappa shape index (κ1) is 19.5. The second kappa shape index (κ2) is 7.77. The van der Waals surface area contributed by atoms with Crippen molar-refractivity contribution < 1.29 is 13.2 Å². The second-order valence-corrected chi connectivity index (χ2v) is 8.81. The van der Waals surface area contributed by atoms with Gasteiger partial charge in [-0.15, -0.1) is 11.3 Å². The Hall–Kier alpha value is -2.26. The highest BCUT2D eigenvalue weighted by Gasteiger charge is 2.18. The van der Waals surface area contributed by atoms with Gasteiger partial charge in [-0.2, -0.15) is 0 Å².